The SMILES string of the molecule is Cc1c(C(=O)Nc2ccc(Cl)cc2F)cnn1C. The van der Waals surface area contributed by atoms with Crippen molar-refractivity contribution < 1.29 is 9.18 Å². The minimum Gasteiger partial charge on any atom is -0.319 e. The summed E-state index contributed by atoms with van der Waals surface area (Å²) in [6, 6.07) is 4.07. The highest BCUT2D eigenvalue weighted by molar-refractivity contribution is 6.30. The number of nitrogens with zero attached hydrogens (tertiary/aromatic N) is 2. The van der Waals surface area contributed by atoms with E-state index in [9.17, 15) is 9.18 Å². The third kappa shape index (κ3) is 2.36. The first-order chi connectivity index (χ1) is 8.49. The molecule has 1 heterocycles. The molecule has 2 aromatic rings. The number of nitrogens with one attached hydrogen (secondary N) is 1. The zero-order chi connectivity index (χ0) is 13.3. The summed E-state index contributed by atoms with van der Waals surface area (Å²) in [5.74, 6) is -0.973. The molecule has 6 heteroatoms. The van der Waals surface area contributed by atoms with Crippen LogP contribution in [0.4, 0.5) is 10.1 Å². The summed E-state index contributed by atoms with van der Waals surface area (Å²) in [6.07, 6.45) is 1.44. The zero-order valence-corrected chi connectivity index (χ0v) is 10.6. The first-order valence-electron chi connectivity index (χ1n) is 5.24. The second-order valence-electron chi connectivity index (χ2n) is 3.85. The molecule has 1 aromatic carbocycles. The average Bonchev–Trinajstić information content (AvgIpc) is 2.64. The molecule has 1 amide bonds. The summed E-state index contributed by atoms with van der Waals surface area (Å²) >= 11 is 5.63. The van der Waals surface area contributed by atoms with E-state index in [-0.39, 0.29) is 10.7 Å². The molecule has 0 spiro atoms. The van der Waals surface area contributed by atoms with E-state index in [4.69, 9.17) is 11.6 Å². The van der Waals surface area contributed by atoms with Gasteiger partial charge in [0.05, 0.1) is 17.4 Å². The number of carbonyl (C=O) groups is 1. The molecule has 0 saturated heterocycles. The summed E-state index contributed by atoms with van der Waals surface area (Å²) in [5, 5.41) is 6.72. The predicted octanol–water partition coefficient (Wildman–Crippen LogP) is 2.77. The van der Waals surface area contributed by atoms with Crippen LogP contribution in [0.15, 0.2) is 24.4 Å². The molecule has 4 nitrogen and oxygen atoms in total. The first-order valence-corrected chi connectivity index (χ1v) is 5.62. The number of carbonyl (C=O) groups excluding carboxylic acids is 1. The average molecular weight is 268 g/mol. The van der Waals surface area contributed by atoms with Gasteiger partial charge in [-0.25, -0.2) is 4.39 Å². The van der Waals surface area contributed by atoms with Crippen molar-refractivity contribution in [2.24, 2.45) is 7.05 Å². The summed E-state index contributed by atoms with van der Waals surface area (Å²) in [7, 11) is 1.73. The van der Waals surface area contributed by atoms with E-state index >= 15 is 0 Å². The number of aromatic nitrogens is 2. The number of hydrogen-bond donors (Lipinski definition) is 1. The number of aryl methyl sites for hydroxylation is 1. The molecule has 94 valence electrons. The quantitative estimate of drug-likeness (QED) is 0.909. The number of halogens is 2. The topological polar surface area (TPSA) is 46.9 Å². The fourth-order valence-electron chi connectivity index (χ4n) is 1.50. The van der Waals surface area contributed by atoms with Crippen molar-refractivity contribution in [3.63, 3.8) is 0 Å². The van der Waals surface area contributed by atoms with Crippen molar-refractivity contribution in [3.05, 3.63) is 46.5 Å². The highest BCUT2D eigenvalue weighted by atomic mass is 35.5. The van der Waals surface area contributed by atoms with E-state index in [1.807, 2.05) is 0 Å². The normalized spacial score (nSPS) is 10.4. The van der Waals surface area contributed by atoms with Crippen LogP contribution >= 0.6 is 11.6 Å². The predicted molar refractivity (Wildman–Crippen MR) is 67.3 cm³/mol. The fraction of sp³-hybridized carbons (Fsp3) is 0.167. The van der Waals surface area contributed by atoms with Gasteiger partial charge in [-0.3, -0.25) is 9.48 Å². The monoisotopic (exact) mass is 267 g/mol. The van der Waals surface area contributed by atoms with Crippen LogP contribution in [0, 0.1) is 12.7 Å². The van der Waals surface area contributed by atoms with Crippen molar-refractivity contribution in [1.29, 1.82) is 0 Å². The van der Waals surface area contributed by atoms with Gasteiger partial charge in [0, 0.05) is 17.8 Å². The van der Waals surface area contributed by atoms with Crippen LogP contribution in [0.25, 0.3) is 0 Å². The van der Waals surface area contributed by atoms with Gasteiger partial charge in [0.1, 0.15) is 5.82 Å². The van der Waals surface area contributed by atoms with Gasteiger partial charge in [0.2, 0.25) is 0 Å². The Morgan fingerprint density at radius 1 is 1.50 bits per heavy atom. The number of benzene rings is 1. The summed E-state index contributed by atoms with van der Waals surface area (Å²) in [4.78, 5) is 11.9. The Morgan fingerprint density at radius 3 is 2.78 bits per heavy atom. The third-order valence-corrected chi connectivity index (χ3v) is 2.89. The van der Waals surface area contributed by atoms with Gasteiger partial charge in [0.15, 0.2) is 0 Å². The summed E-state index contributed by atoms with van der Waals surface area (Å²) in [6.45, 7) is 1.76. The number of anilines is 1. The van der Waals surface area contributed by atoms with Gasteiger partial charge in [-0.1, -0.05) is 11.6 Å². The Balaban J connectivity index is 2.24. The summed E-state index contributed by atoms with van der Waals surface area (Å²) < 4.78 is 15.1. The van der Waals surface area contributed by atoms with Crippen LogP contribution in [-0.2, 0) is 7.05 Å². The third-order valence-electron chi connectivity index (χ3n) is 2.66. The highest BCUT2D eigenvalue weighted by Gasteiger charge is 2.14. The molecule has 2 rings (SSSR count). The van der Waals surface area contributed by atoms with E-state index in [2.05, 4.69) is 10.4 Å². The Labute approximate surface area is 108 Å². The smallest absolute Gasteiger partial charge is 0.259 e. The molecule has 0 unspecified atom stereocenters. The van der Waals surface area contributed by atoms with Gasteiger partial charge in [-0.05, 0) is 25.1 Å². The van der Waals surface area contributed by atoms with Crippen LogP contribution in [0.1, 0.15) is 16.1 Å². The Bertz CT molecular complexity index is 609. The van der Waals surface area contributed by atoms with E-state index in [1.54, 1.807) is 18.7 Å². The van der Waals surface area contributed by atoms with Crippen molar-refractivity contribution in [2.75, 3.05) is 5.32 Å². The lowest BCUT2D eigenvalue weighted by atomic mass is 10.2. The second-order valence-corrected chi connectivity index (χ2v) is 4.28. The highest BCUT2D eigenvalue weighted by Crippen LogP contribution is 2.20. The van der Waals surface area contributed by atoms with E-state index in [0.29, 0.717) is 11.3 Å². The van der Waals surface area contributed by atoms with Gasteiger partial charge in [-0.15, -0.1) is 0 Å². The number of hydrogen-bond acceptors (Lipinski definition) is 2. The van der Waals surface area contributed by atoms with Gasteiger partial charge < -0.3 is 5.32 Å². The Hall–Kier alpha value is -1.88. The van der Waals surface area contributed by atoms with Crippen LogP contribution in [-0.4, -0.2) is 15.7 Å². The molecule has 0 atom stereocenters. The molecule has 0 aliphatic rings. The lowest BCUT2D eigenvalue weighted by Crippen LogP contribution is -2.13. The maximum atomic E-state index is 13.5. The van der Waals surface area contributed by atoms with Crippen molar-refractivity contribution >= 4 is 23.2 Å². The molecule has 0 aliphatic carbocycles. The summed E-state index contributed by atoms with van der Waals surface area (Å²) in [5.41, 5.74) is 1.21. The van der Waals surface area contributed by atoms with Gasteiger partial charge >= 0.3 is 0 Å². The number of amides is 1. The molecule has 0 fully saturated rings. The minimum atomic E-state index is -0.572. The van der Waals surface area contributed by atoms with Crippen molar-refractivity contribution in [2.45, 2.75) is 6.92 Å². The van der Waals surface area contributed by atoms with Crippen molar-refractivity contribution in [3.8, 4) is 0 Å². The lowest BCUT2D eigenvalue weighted by molar-refractivity contribution is 0.102. The van der Waals surface area contributed by atoms with Crippen LogP contribution in [0.2, 0.25) is 5.02 Å². The molecule has 1 N–H and O–H groups in total. The molecule has 0 radical (unpaired) electrons. The van der Waals surface area contributed by atoms with E-state index in [0.717, 1.165) is 6.07 Å². The largest absolute Gasteiger partial charge is 0.319 e. The molecule has 18 heavy (non-hydrogen) atoms. The minimum absolute atomic E-state index is 0.0904. The fourth-order valence-corrected chi connectivity index (χ4v) is 1.66. The second kappa shape index (κ2) is 4.78. The molecule has 0 bridgehead atoms. The molecule has 0 aliphatic heterocycles. The molecular formula is C12H11ClFN3O. The van der Waals surface area contributed by atoms with Gasteiger partial charge in [-0.2, -0.15) is 5.10 Å². The van der Waals surface area contributed by atoms with E-state index in [1.165, 1.54) is 18.3 Å². The van der Waals surface area contributed by atoms with E-state index < -0.39 is 11.7 Å². The molecule has 1 aromatic heterocycles. The van der Waals surface area contributed by atoms with Crippen LogP contribution in [0.3, 0.4) is 0 Å². The molecule has 0 saturated carbocycles. The molecular weight excluding hydrogens is 257 g/mol. The Kier molecular flexibility index (Phi) is 3.34. The first kappa shape index (κ1) is 12.6. The standard InChI is InChI=1S/C12H11ClFN3O/c1-7-9(6-15-17(7)2)12(18)16-11-4-3-8(13)5-10(11)14/h3-6H,1-2H3,(H,16,18). The Morgan fingerprint density at radius 2 is 2.22 bits per heavy atom. The number of rotatable bonds is 2. The lowest BCUT2D eigenvalue weighted by Gasteiger charge is -2.06. The maximum Gasteiger partial charge on any atom is 0.259 e. The van der Waals surface area contributed by atoms with Crippen LogP contribution < -0.4 is 5.32 Å². The van der Waals surface area contributed by atoms with Gasteiger partial charge in [0.25, 0.3) is 5.91 Å². The van der Waals surface area contributed by atoms with Crippen molar-refractivity contribution in [1.82, 2.24) is 9.78 Å². The zero-order valence-electron chi connectivity index (χ0n) is 9.87. The maximum absolute atomic E-state index is 13.5. The van der Waals surface area contributed by atoms with Crippen LogP contribution in [0.5, 0.6) is 0 Å².